The molecule has 0 N–H and O–H groups in total. The van der Waals surface area contributed by atoms with Crippen molar-refractivity contribution in [3.05, 3.63) is 48.7 Å². The van der Waals surface area contributed by atoms with Gasteiger partial charge in [-0.15, -0.1) is 0 Å². The van der Waals surface area contributed by atoms with Gasteiger partial charge in [0.1, 0.15) is 0 Å². The quantitative estimate of drug-likeness (QED) is 0.500. The molecule has 0 radical (unpaired) electrons. The fourth-order valence-electron chi connectivity index (χ4n) is 2.84. The topological polar surface area (TPSA) is 21.7 Å². The minimum absolute atomic E-state index is 0.432. The molecule has 0 bridgehead atoms. The molecule has 94 valence electrons. The van der Waals surface area contributed by atoms with Crippen molar-refractivity contribution in [2.24, 2.45) is 0 Å². The van der Waals surface area contributed by atoms with E-state index < -0.39 is 0 Å². The van der Waals surface area contributed by atoms with Crippen LogP contribution in [-0.4, -0.2) is 14.9 Å². The fraction of sp³-hybridized carbons (Fsp3) is 0.200. The van der Waals surface area contributed by atoms with Gasteiger partial charge >= 0.3 is 0 Å². The van der Waals surface area contributed by atoms with Crippen molar-refractivity contribution < 1.29 is 4.57 Å². The van der Waals surface area contributed by atoms with Crippen LogP contribution in [0.15, 0.2) is 48.7 Å². The molecule has 1 unspecified atom stereocenters. The minimum Gasteiger partial charge on any atom is -0.312 e. The summed E-state index contributed by atoms with van der Waals surface area (Å²) in [4.78, 5) is 4.79. The van der Waals surface area contributed by atoms with Crippen LogP contribution in [0.2, 0.25) is 0 Å². The highest BCUT2D eigenvalue weighted by atomic mass is 79.9. The van der Waals surface area contributed by atoms with E-state index in [1.165, 1.54) is 11.2 Å². The van der Waals surface area contributed by atoms with Gasteiger partial charge in [0, 0.05) is 12.1 Å². The third kappa shape index (κ3) is 1.56. The van der Waals surface area contributed by atoms with Crippen molar-refractivity contribution in [2.45, 2.75) is 12.6 Å². The van der Waals surface area contributed by atoms with Gasteiger partial charge in [0.25, 0.3) is 0 Å². The lowest BCUT2D eigenvalue weighted by Gasteiger charge is -2.20. The summed E-state index contributed by atoms with van der Waals surface area (Å²) in [6.07, 6.45) is 2.14. The Hall–Kier alpha value is -1.68. The summed E-state index contributed by atoms with van der Waals surface area (Å²) in [7, 11) is 0. The van der Waals surface area contributed by atoms with Crippen LogP contribution >= 0.6 is 15.9 Å². The summed E-state index contributed by atoms with van der Waals surface area (Å²) in [5, 5.41) is 0.945. The first kappa shape index (κ1) is 11.2. The van der Waals surface area contributed by atoms with E-state index in [0.717, 1.165) is 23.2 Å². The first-order chi connectivity index (χ1) is 9.38. The number of halogens is 1. The number of rotatable bonds is 1. The number of aromatic nitrogens is 3. The van der Waals surface area contributed by atoms with Crippen molar-refractivity contribution in [1.29, 1.82) is 0 Å². The molecule has 4 heteroatoms. The van der Waals surface area contributed by atoms with Crippen molar-refractivity contribution in [1.82, 2.24) is 9.55 Å². The van der Waals surface area contributed by atoms with Gasteiger partial charge in [-0.3, -0.25) is 0 Å². The second-order valence-corrected chi connectivity index (χ2v) is 5.48. The molecule has 3 nitrogen and oxygen atoms in total. The van der Waals surface area contributed by atoms with Crippen molar-refractivity contribution >= 4 is 27.0 Å². The highest BCUT2D eigenvalue weighted by Gasteiger charge is 2.32. The molecule has 2 aromatic heterocycles. The summed E-state index contributed by atoms with van der Waals surface area (Å²) in [5.74, 6) is 1.07. The van der Waals surface area contributed by atoms with Crippen LogP contribution in [-0.2, 0) is 6.54 Å². The lowest BCUT2D eigenvalue weighted by Crippen LogP contribution is -2.47. The number of pyridine rings is 1. The number of fused-ring (bicyclic) bond motifs is 5. The number of alkyl halides is 1. The second kappa shape index (κ2) is 4.17. The van der Waals surface area contributed by atoms with Gasteiger partial charge in [-0.25, -0.2) is 4.98 Å². The Labute approximate surface area is 119 Å². The number of hydrogen-bond acceptors (Lipinski definition) is 1. The van der Waals surface area contributed by atoms with E-state index in [-0.39, 0.29) is 0 Å². The van der Waals surface area contributed by atoms with Gasteiger partial charge in [-0.1, -0.05) is 28.1 Å². The largest absolute Gasteiger partial charge is 0.312 e. The Morgan fingerprint density at radius 2 is 2.05 bits per heavy atom. The maximum atomic E-state index is 4.79. The number of nitrogens with zero attached hydrogens (tertiary/aromatic N) is 3. The first-order valence-electron chi connectivity index (χ1n) is 6.40. The number of hydrogen-bond donors (Lipinski definition) is 0. The van der Waals surface area contributed by atoms with Crippen LogP contribution in [0.5, 0.6) is 0 Å². The normalized spacial score (nSPS) is 17.2. The Morgan fingerprint density at radius 3 is 2.95 bits per heavy atom. The third-order valence-electron chi connectivity index (χ3n) is 3.74. The van der Waals surface area contributed by atoms with Crippen LogP contribution in [0, 0.1) is 0 Å². The highest BCUT2D eigenvalue weighted by Crippen LogP contribution is 2.28. The molecule has 3 heterocycles. The fourth-order valence-corrected chi connectivity index (χ4v) is 3.36. The monoisotopic (exact) mass is 314 g/mol. The van der Waals surface area contributed by atoms with E-state index in [1.54, 1.807) is 0 Å². The van der Waals surface area contributed by atoms with E-state index >= 15 is 0 Å². The number of benzene rings is 1. The van der Waals surface area contributed by atoms with Crippen LogP contribution < -0.4 is 4.57 Å². The molecule has 0 spiro atoms. The van der Waals surface area contributed by atoms with Crippen LogP contribution in [0.3, 0.4) is 0 Å². The predicted octanol–water partition coefficient (Wildman–Crippen LogP) is 2.94. The van der Waals surface area contributed by atoms with Gasteiger partial charge in [0.05, 0.1) is 22.9 Å². The molecular formula is C15H13BrN3+. The summed E-state index contributed by atoms with van der Waals surface area (Å²) in [5.41, 5.74) is 3.48. The third-order valence-corrected chi connectivity index (χ3v) is 4.49. The zero-order valence-corrected chi connectivity index (χ0v) is 11.9. The lowest BCUT2D eigenvalue weighted by atomic mass is 10.2. The summed E-state index contributed by atoms with van der Waals surface area (Å²) in [6, 6.07) is 15.1. The molecule has 0 saturated carbocycles. The molecule has 4 rings (SSSR count). The molecule has 19 heavy (non-hydrogen) atoms. The molecule has 1 aliphatic rings. The van der Waals surface area contributed by atoms with Gasteiger partial charge in [-0.05, 0) is 18.2 Å². The van der Waals surface area contributed by atoms with Gasteiger partial charge in [0.15, 0.2) is 12.2 Å². The van der Waals surface area contributed by atoms with Crippen molar-refractivity contribution in [3.8, 4) is 11.5 Å². The van der Waals surface area contributed by atoms with Gasteiger partial charge in [0.2, 0.25) is 11.5 Å². The van der Waals surface area contributed by atoms with E-state index in [1.807, 2.05) is 6.07 Å². The molecule has 1 aromatic carbocycles. The summed E-state index contributed by atoms with van der Waals surface area (Å²) in [6.45, 7) is 0.961. The standard InChI is InChI=1S/C15H13BrN3/c16-9-11-10-19-13-6-2-1-5-12(13)17-15(19)14-7-3-4-8-18(11)14/h1-8,11H,9-10H2/q+1. The van der Waals surface area contributed by atoms with E-state index in [4.69, 9.17) is 4.98 Å². The van der Waals surface area contributed by atoms with Gasteiger partial charge < -0.3 is 4.57 Å². The second-order valence-electron chi connectivity index (χ2n) is 4.84. The molecule has 0 fully saturated rings. The Kier molecular flexibility index (Phi) is 2.45. The van der Waals surface area contributed by atoms with Crippen LogP contribution in [0.1, 0.15) is 6.04 Å². The molecule has 0 aliphatic carbocycles. The SMILES string of the molecule is BrCC1Cn2c(nc3ccccc32)-c2cccc[n+]21. The zero-order valence-electron chi connectivity index (χ0n) is 10.3. The molecule has 0 saturated heterocycles. The minimum atomic E-state index is 0.432. The Balaban J connectivity index is 2.06. The first-order valence-corrected chi connectivity index (χ1v) is 7.52. The predicted molar refractivity (Wildman–Crippen MR) is 78.2 cm³/mol. The molecular weight excluding hydrogens is 302 g/mol. The maximum absolute atomic E-state index is 4.79. The summed E-state index contributed by atoms with van der Waals surface area (Å²) < 4.78 is 4.65. The van der Waals surface area contributed by atoms with Crippen LogP contribution in [0.4, 0.5) is 0 Å². The lowest BCUT2D eigenvalue weighted by molar-refractivity contribution is -0.712. The average molecular weight is 315 g/mol. The van der Waals surface area contributed by atoms with E-state index in [2.05, 4.69) is 67.7 Å². The highest BCUT2D eigenvalue weighted by molar-refractivity contribution is 9.09. The number of imidazole rings is 1. The molecule has 1 atom stereocenters. The van der Waals surface area contributed by atoms with Crippen LogP contribution in [0.25, 0.3) is 22.6 Å². The van der Waals surface area contributed by atoms with Gasteiger partial charge in [-0.2, -0.15) is 4.57 Å². The summed E-state index contributed by atoms with van der Waals surface area (Å²) >= 11 is 3.63. The van der Waals surface area contributed by atoms with E-state index in [0.29, 0.717) is 6.04 Å². The molecule has 3 aromatic rings. The Bertz CT molecular complexity index is 763. The zero-order chi connectivity index (χ0) is 12.8. The average Bonchev–Trinajstić information content (AvgIpc) is 2.85. The Morgan fingerprint density at radius 1 is 1.21 bits per heavy atom. The van der Waals surface area contributed by atoms with E-state index in [9.17, 15) is 0 Å². The molecule has 0 amide bonds. The molecule has 1 aliphatic heterocycles. The maximum Gasteiger partial charge on any atom is 0.248 e. The van der Waals surface area contributed by atoms with Crippen molar-refractivity contribution in [2.75, 3.05) is 5.33 Å². The number of para-hydroxylation sites is 2. The van der Waals surface area contributed by atoms with Crippen molar-refractivity contribution in [3.63, 3.8) is 0 Å². The smallest absolute Gasteiger partial charge is 0.248 e.